The molecule has 2 rings (SSSR count). The van der Waals surface area contributed by atoms with Gasteiger partial charge < -0.3 is 10.1 Å². The molecule has 126 valence electrons. The van der Waals surface area contributed by atoms with E-state index in [0.717, 1.165) is 17.7 Å². The first-order valence-corrected chi connectivity index (χ1v) is 7.37. The van der Waals surface area contributed by atoms with E-state index in [9.17, 15) is 19.3 Å². The molecule has 0 aliphatic heterocycles. The Morgan fingerprint density at radius 1 is 1.38 bits per heavy atom. The van der Waals surface area contributed by atoms with Crippen molar-refractivity contribution in [2.24, 2.45) is 0 Å². The van der Waals surface area contributed by atoms with Gasteiger partial charge in [0.15, 0.2) is 6.61 Å². The van der Waals surface area contributed by atoms with Crippen LogP contribution in [0.25, 0.3) is 0 Å². The van der Waals surface area contributed by atoms with Gasteiger partial charge >= 0.3 is 5.69 Å². The molecule has 0 heterocycles. The second-order valence-electron chi connectivity index (χ2n) is 4.97. The third-order valence-electron chi connectivity index (χ3n) is 3.23. The summed E-state index contributed by atoms with van der Waals surface area (Å²) < 4.78 is 18.6. The van der Waals surface area contributed by atoms with Gasteiger partial charge in [-0.1, -0.05) is 29.8 Å². The summed E-state index contributed by atoms with van der Waals surface area (Å²) >= 11 is 6.05. The number of nitrogens with zero attached hydrogens (tertiary/aromatic N) is 1. The third-order valence-corrected chi connectivity index (χ3v) is 3.58. The molecule has 1 amide bonds. The van der Waals surface area contributed by atoms with Gasteiger partial charge in [-0.2, -0.15) is 4.39 Å². The van der Waals surface area contributed by atoms with Crippen molar-refractivity contribution in [3.63, 3.8) is 0 Å². The molecule has 0 aliphatic rings. The van der Waals surface area contributed by atoms with E-state index in [2.05, 4.69) is 5.32 Å². The summed E-state index contributed by atoms with van der Waals surface area (Å²) in [7, 11) is 0. The second kappa shape index (κ2) is 7.74. The highest BCUT2D eigenvalue weighted by Crippen LogP contribution is 2.23. The topological polar surface area (TPSA) is 81.5 Å². The SMILES string of the molecule is CC(NC(=O)COc1ccc([N+](=O)[O-])c(F)c1)c1ccccc1Cl. The predicted molar refractivity (Wildman–Crippen MR) is 86.6 cm³/mol. The van der Waals surface area contributed by atoms with Crippen LogP contribution in [0.1, 0.15) is 18.5 Å². The molecular weight excluding hydrogens is 339 g/mol. The molecule has 0 saturated carbocycles. The van der Waals surface area contributed by atoms with Gasteiger partial charge in [-0.3, -0.25) is 14.9 Å². The van der Waals surface area contributed by atoms with Gasteiger partial charge in [-0.05, 0) is 24.6 Å². The summed E-state index contributed by atoms with van der Waals surface area (Å²) in [6.07, 6.45) is 0. The molecule has 0 aliphatic carbocycles. The number of halogens is 2. The Bertz CT molecular complexity index is 769. The minimum absolute atomic E-state index is 0.0265. The number of nitrogens with one attached hydrogen (secondary N) is 1. The lowest BCUT2D eigenvalue weighted by atomic mass is 10.1. The van der Waals surface area contributed by atoms with Crippen LogP contribution in [0.5, 0.6) is 5.75 Å². The molecule has 2 aromatic carbocycles. The number of nitro benzene ring substituents is 1. The number of ether oxygens (including phenoxy) is 1. The maximum atomic E-state index is 13.5. The quantitative estimate of drug-likeness (QED) is 0.635. The smallest absolute Gasteiger partial charge is 0.305 e. The largest absolute Gasteiger partial charge is 0.484 e. The zero-order chi connectivity index (χ0) is 17.7. The highest BCUT2D eigenvalue weighted by Gasteiger charge is 2.16. The van der Waals surface area contributed by atoms with Gasteiger partial charge in [0.1, 0.15) is 5.75 Å². The minimum Gasteiger partial charge on any atom is -0.484 e. The van der Waals surface area contributed by atoms with E-state index in [1.807, 2.05) is 0 Å². The number of nitro groups is 1. The van der Waals surface area contributed by atoms with Gasteiger partial charge in [0.05, 0.1) is 11.0 Å². The van der Waals surface area contributed by atoms with E-state index in [1.165, 1.54) is 6.07 Å². The average molecular weight is 353 g/mol. The Balaban J connectivity index is 1.93. The summed E-state index contributed by atoms with van der Waals surface area (Å²) in [5.74, 6) is -1.43. The normalized spacial score (nSPS) is 11.6. The standard InChI is InChI=1S/C16H14ClFN2O4/c1-10(12-4-2-3-5-13(12)17)19-16(21)9-24-11-6-7-15(20(22)23)14(18)8-11/h2-8,10H,9H2,1H3,(H,19,21). The molecule has 0 spiro atoms. The number of carbonyl (C=O) groups is 1. The van der Waals surface area contributed by atoms with Crippen molar-refractivity contribution in [3.05, 3.63) is 69.0 Å². The number of benzene rings is 2. The molecule has 0 bridgehead atoms. The van der Waals surface area contributed by atoms with Gasteiger partial charge in [-0.15, -0.1) is 0 Å². The first-order chi connectivity index (χ1) is 11.4. The van der Waals surface area contributed by atoms with Crippen molar-refractivity contribution in [2.45, 2.75) is 13.0 Å². The van der Waals surface area contributed by atoms with Crippen molar-refractivity contribution in [1.82, 2.24) is 5.32 Å². The molecule has 0 aromatic heterocycles. The van der Waals surface area contributed by atoms with E-state index in [1.54, 1.807) is 31.2 Å². The highest BCUT2D eigenvalue weighted by atomic mass is 35.5. The first kappa shape index (κ1) is 17.7. The van der Waals surface area contributed by atoms with E-state index in [4.69, 9.17) is 16.3 Å². The van der Waals surface area contributed by atoms with E-state index < -0.39 is 22.3 Å². The molecule has 1 unspecified atom stereocenters. The van der Waals surface area contributed by atoms with Gasteiger partial charge in [0, 0.05) is 17.2 Å². The van der Waals surface area contributed by atoms with Crippen LogP contribution in [0.4, 0.5) is 10.1 Å². The summed E-state index contributed by atoms with van der Waals surface area (Å²) in [5.41, 5.74) is 0.105. The summed E-state index contributed by atoms with van der Waals surface area (Å²) in [6.45, 7) is 1.41. The molecular formula is C16H14ClFN2O4. The molecule has 0 saturated heterocycles. The molecule has 0 fully saturated rings. The van der Waals surface area contributed by atoms with Gasteiger partial charge in [-0.25, -0.2) is 0 Å². The predicted octanol–water partition coefficient (Wildman–Crippen LogP) is 3.64. The molecule has 2 aromatic rings. The fourth-order valence-corrected chi connectivity index (χ4v) is 2.36. The molecule has 0 radical (unpaired) electrons. The van der Waals surface area contributed by atoms with E-state index >= 15 is 0 Å². The lowest BCUT2D eigenvalue weighted by Crippen LogP contribution is -2.31. The van der Waals surface area contributed by atoms with E-state index in [-0.39, 0.29) is 18.4 Å². The van der Waals surface area contributed by atoms with Crippen LogP contribution in [0, 0.1) is 15.9 Å². The van der Waals surface area contributed by atoms with Gasteiger partial charge in [0.25, 0.3) is 5.91 Å². The number of carbonyl (C=O) groups excluding carboxylic acids is 1. The molecule has 8 heteroatoms. The molecule has 24 heavy (non-hydrogen) atoms. The van der Waals surface area contributed by atoms with Crippen LogP contribution in [-0.2, 0) is 4.79 Å². The maximum Gasteiger partial charge on any atom is 0.305 e. The summed E-state index contributed by atoms with van der Waals surface area (Å²) in [4.78, 5) is 21.6. The van der Waals surface area contributed by atoms with E-state index in [0.29, 0.717) is 5.02 Å². The van der Waals surface area contributed by atoms with Gasteiger partial charge in [0.2, 0.25) is 5.82 Å². The minimum atomic E-state index is -1.03. The number of hydrogen-bond acceptors (Lipinski definition) is 4. The Hall–Kier alpha value is -2.67. The second-order valence-corrected chi connectivity index (χ2v) is 5.38. The Morgan fingerprint density at radius 2 is 2.08 bits per heavy atom. The zero-order valence-electron chi connectivity index (χ0n) is 12.7. The van der Waals surface area contributed by atoms with Crippen LogP contribution >= 0.6 is 11.6 Å². The monoisotopic (exact) mass is 352 g/mol. The Morgan fingerprint density at radius 3 is 2.71 bits per heavy atom. The van der Waals surface area contributed by atoms with Crippen molar-refractivity contribution < 1.29 is 18.8 Å². The Kier molecular flexibility index (Phi) is 5.70. The fraction of sp³-hybridized carbons (Fsp3) is 0.188. The molecule has 1 N–H and O–H groups in total. The Labute approximate surface area is 142 Å². The average Bonchev–Trinajstić information content (AvgIpc) is 2.53. The zero-order valence-corrected chi connectivity index (χ0v) is 13.4. The first-order valence-electron chi connectivity index (χ1n) is 6.99. The lowest BCUT2D eigenvalue weighted by Gasteiger charge is -2.16. The van der Waals surface area contributed by atoms with Crippen LogP contribution < -0.4 is 10.1 Å². The number of hydrogen-bond donors (Lipinski definition) is 1. The number of rotatable bonds is 6. The molecule has 1 atom stereocenters. The van der Waals surface area contributed by atoms with Crippen molar-refractivity contribution in [2.75, 3.05) is 6.61 Å². The van der Waals surface area contributed by atoms with Crippen LogP contribution in [0.3, 0.4) is 0 Å². The fourth-order valence-electron chi connectivity index (χ4n) is 2.06. The van der Waals surface area contributed by atoms with Crippen LogP contribution in [0.2, 0.25) is 5.02 Å². The summed E-state index contributed by atoms with van der Waals surface area (Å²) in [6, 6.07) is 9.84. The maximum absolute atomic E-state index is 13.5. The van der Waals surface area contributed by atoms with Crippen LogP contribution in [-0.4, -0.2) is 17.4 Å². The van der Waals surface area contributed by atoms with Crippen molar-refractivity contribution in [3.8, 4) is 5.75 Å². The lowest BCUT2D eigenvalue weighted by molar-refractivity contribution is -0.387. The van der Waals surface area contributed by atoms with Crippen molar-refractivity contribution in [1.29, 1.82) is 0 Å². The molecule has 6 nitrogen and oxygen atoms in total. The highest BCUT2D eigenvalue weighted by molar-refractivity contribution is 6.31. The summed E-state index contributed by atoms with van der Waals surface area (Å²) in [5, 5.41) is 13.8. The van der Waals surface area contributed by atoms with Crippen LogP contribution in [0.15, 0.2) is 42.5 Å². The van der Waals surface area contributed by atoms with Crippen molar-refractivity contribution >= 4 is 23.2 Å². The third kappa shape index (κ3) is 4.42. The number of amides is 1.